The molecule has 0 saturated carbocycles. The quantitative estimate of drug-likeness (QED) is 0.224. The van der Waals surface area contributed by atoms with Gasteiger partial charge in [-0.3, -0.25) is 9.88 Å². The predicted molar refractivity (Wildman–Crippen MR) is 187 cm³/mol. The summed E-state index contributed by atoms with van der Waals surface area (Å²) in [5, 5.41) is 6.17. The van der Waals surface area contributed by atoms with E-state index in [1.54, 1.807) is 6.20 Å². The van der Waals surface area contributed by atoms with E-state index in [1.165, 1.54) is 0 Å². The molecule has 6 bridgehead atoms. The first-order chi connectivity index (χ1) is 24.5. The van der Waals surface area contributed by atoms with E-state index in [-0.39, 0.29) is 35.6 Å². The first-order valence-electron chi connectivity index (χ1n) is 18.4. The van der Waals surface area contributed by atoms with Crippen molar-refractivity contribution < 1.29 is 23.0 Å². The molecule has 10 rings (SSSR count). The zero-order valence-electron chi connectivity index (χ0n) is 28.8. The van der Waals surface area contributed by atoms with Gasteiger partial charge in [-0.05, 0) is 87.9 Å². The van der Waals surface area contributed by atoms with E-state index in [9.17, 15) is 4.39 Å². The number of anilines is 1. The number of fused-ring (bicyclic) bond motifs is 7. The number of allylic oxidation sites excluding steroid dienone is 1. The second kappa shape index (κ2) is 13.1. The van der Waals surface area contributed by atoms with Gasteiger partial charge in [0, 0.05) is 49.8 Å². The molecule has 4 aromatic rings. The van der Waals surface area contributed by atoms with Crippen LogP contribution in [0.15, 0.2) is 30.6 Å². The molecule has 4 fully saturated rings. The topological polar surface area (TPSA) is 90.7 Å². The maximum absolute atomic E-state index is 17.4. The molecule has 6 aliphatic heterocycles. The Morgan fingerprint density at radius 3 is 2.88 bits per heavy atom. The largest absolute Gasteiger partial charge is 0.461 e. The zero-order valence-corrected chi connectivity index (χ0v) is 28.8. The molecule has 9 heterocycles. The van der Waals surface area contributed by atoms with E-state index in [1.807, 2.05) is 10.9 Å². The summed E-state index contributed by atoms with van der Waals surface area (Å²) in [5.74, 6) is 0.416. The van der Waals surface area contributed by atoms with E-state index in [2.05, 4.69) is 34.9 Å². The van der Waals surface area contributed by atoms with Crippen molar-refractivity contribution in [1.82, 2.24) is 29.6 Å². The standard InChI is InChI=1S/C38H45F2N7O3/c1-24-16-30-28(19-42-47(30)31-10-3-5-15-49-31)32-27(24)9-2-4-14-48-22-25-8-6-12-45(20-25)36-29-18-41-35(32)33(40)34(29)43-37(44-36)50-23-38-11-7-13-46(38)21-26(39)17-38/h2,4,16,18-19,25-26,31H,3,5-15,17,20-23H2,1H3/b4-2-/t25-,26-,31?,38+/m1/s1. The van der Waals surface area contributed by atoms with Crippen LogP contribution >= 0.6 is 0 Å². The lowest BCUT2D eigenvalue weighted by atomic mass is 9.92. The Morgan fingerprint density at radius 1 is 1.04 bits per heavy atom. The first kappa shape index (κ1) is 32.2. The summed E-state index contributed by atoms with van der Waals surface area (Å²) in [7, 11) is 0. The highest BCUT2D eigenvalue weighted by Gasteiger charge is 2.49. The minimum absolute atomic E-state index is 0.117. The van der Waals surface area contributed by atoms with Gasteiger partial charge in [0.05, 0.1) is 35.9 Å². The van der Waals surface area contributed by atoms with Crippen LogP contribution in [0.5, 0.6) is 6.01 Å². The molecule has 264 valence electrons. The molecule has 10 nitrogen and oxygen atoms in total. The highest BCUT2D eigenvalue weighted by atomic mass is 19.1. The van der Waals surface area contributed by atoms with Crippen LogP contribution in [0.4, 0.5) is 14.6 Å². The summed E-state index contributed by atoms with van der Waals surface area (Å²) in [4.78, 5) is 19.0. The summed E-state index contributed by atoms with van der Waals surface area (Å²) < 4.78 is 52.6. The lowest BCUT2D eigenvalue weighted by molar-refractivity contribution is -0.0366. The normalized spacial score (nSPS) is 28.1. The molecule has 12 heteroatoms. The summed E-state index contributed by atoms with van der Waals surface area (Å²) >= 11 is 0. The maximum atomic E-state index is 17.4. The highest BCUT2D eigenvalue weighted by Crippen LogP contribution is 2.42. The van der Waals surface area contributed by atoms with Gasteiger partial charge in [-0.2, -0.15) is 15.1 Å². The Hall–Kier alpha value is -3.74. The van der Waals surface area contributed by atoms with Gasteiger partial charge in [-0.15, -0.1) is 0 Å². The molecule has 0 N–H and O–H groups in total. The van der Waals surface area contributed by atoms with Crippen LogP contribution in [-0.2, 0) is 15.9 Å². The molecule has 0 aliphatic carbocycles. The van der Waals surface area contributed by atoms with E-state index in [0.717, 1.165) is 86.6 Å². The van der Waals surface area contributed by atoms with Crippen LogP contribution in [0, 0.1) is 18.7 Å². The molecule has 0 spiro atoms. The van der Waals surface area contributed by atoms with Crippen molar-refractivity contribution in [2.24, 2.45) is 5.92 Å². The van der Waals surface area contributed by atoms with Crippen LogP contribution in [-0.4, -0.2) is 93.9 Å². The van der Waals surface area contributed by atoms with Crippen LogP contribution in [0.3, 0.4) is 0 Å². The highest BCUT2D eigenvalue weighted by molar-refractivity contribution is 6.00. The zero-order chi connectivity index (χ0) is 33.8. The number of halogens is 2. The van der Waals surface area contributed by atoms with Crippen LogP contribution in [0.25, 0.3) is 33.1 Å². The SMILES string of the molecule is Cc1cc2c(cnn2C2CCCCO2)c2c1C/C=C\COC[C@@H]1CCCN(C1)c1nc(OC[C@@]34CCCN3C[C@H](F)C4)nc3c(F)c-2ncc13. The fourth-order valence-electron chi connectivity index (χ4n) is 9.15. The van der Waals surface area contributed by atoms with Crippen molar-refractivity contribution in [1.29, 1.82) is 0 Å². The van der Waals surface area contributed by atoms with Gasteiger partial charge in [0.25, 0.3) is 0 Å². The van der Waals surface area contributed by atoms with E-state index in [0.29, 0.717) is 61.9 Å². The number of aryl methyl sites for hydroxylation is 1. The van der Waals surface area contributed by atoms with Crippen LogP contribution in [0.2, 0.25) is 0 Å². The van der Waals surface area contributed by atoms with Crippen molar-refractivity contribution in [2.75, 3.05) is 57.5 Å². The Bertz CT molecular complexity index is 1950. The van der Waals surface area contributed by atoms with E-state index in [4.69, 9.17) is 34.3 Å². The maximum Gasteiger partial charge on any atom is 0.319 e. The Kier molecular flexibility index (Phi) is 8.43. The molecule has 1 unspecified atom stereocenters. The molecule has 4 saturated heterocycles. The average Bonchev–Trinajstić information content (AvgIpc) is 3.81. The number of aromatic nitrogens is 5. The smallest absolute Gasteiger partial charge is 0.319 e. The summed E-state index contributed by atoms with van der Waals surface area (Å²) in [6.07, 6.45) is 14.6. The summed E-state index contributed by atoms with van der Waals surface area (Å²) in [5.41, 5.74) is 3.63. The first-order valence-corrected chi connectivity index (χ1v) is 18.4. The number of ether oxygens (including phenoxy) is 3. The molecule has 0 amide bonds. The van der Waals surface area contributed by atoms with Gasteiger partial charge in [-0.1, -0.05) is 12.2 Å². The van der Waals surface area contributed by atoms with Gasteiger partial charge >= 0.3 is 6.01 Å². The number of pyridine rings is 1. The number of alkyl halides is 1. The molecular weight excluding hydrogens is 640 g/mol. The van der Waals surface area contributed by atoms with Crippen molar-refractivity contribution in [3.8, 4) is 17.3 Å². The molecule has 6 aliphatic rings. The van der Waals surface area contributed by atoms with Gasteiger partial charge in [0.1, 0.15) is 29.8 Å². The average molecular weight is 686 g/mol. The number of hydrogen-bond acceptors (Lipinski definition) is 9. The number of benzene rings is 1. The second-order valence-corrected chi connectivity index (χ2v) is 14.9. The van der Waals surface area contributed by atoms with E-state index < -0.39 is 12.0 Å². The van der Waals surface area contributed by atoms with Crippen molar-refractivity contribution in [2.45, 2.75) is 82.6 Å². The van der Waals surface area contributed by atoms with E-state index >= 15 is 4.39 Å². The van der Waals surface area contributed by atoms with Crippen molar-refractivity contribution in [3.63, 3.8) is 0 Å². The molecule has 1 aromatic carbocycles. The Balaban J connectivity index is 1.21. The summed E-state index contributed by atoms with van der Waals surface area (Å²) in [6, 6.07) is 2.25. The fraction of sp³-hybridized carbons (Fsp3) is 0.579. The molecule has 4 atom stereocenters. The number of rotatable bonds is 4. The fourth-order valence-corrected chi connectivity index (χ4v) is 9.15. The molecule has 3 aromatic heterocycles. The predicted octanol–water partition coefficient (Wildman–Crippen LogP) is 6.49. The Morgan fingerprint density at radius 2 is 1.98 bits per heavy atom. The monoisotopic (exact) mass is 685 g/mol. The second-order valence-electron chi connectivity index (χ2n) is 14.9. The third-order valence-corrected chi connectivity index (χ3v) is 11.6. The minimum Gasteiger partial charge on any atom is -0.461 e. The Labute approximate surface area is 290 Å². The van der Waals surface area contributed by atoms with Gasteiger partial charge in [-0.25, -0.2) is 13.5 Å². The number of nitrogens with zero attached hydrogens (tertiary/aromatic N) is 7. The van der Waals surface area contributed by atoms with Gasteiger partial charge in [0.15, 0.2) is 12.0 Å². The van der Waals surface area contributed by atoms with Crippen molar-refractivity contribution >= 4 is 27.6 Å². The van der Waals surface area contributed by atoms with Gasteiger partial charge in [0.2, 0.25) is 0 Å². The molecule has 50 heavy (non-hydrogen) atoms. The lowest BCUT2D eigenvalue weighted by Gasteiger charge is -2.34. The lowest BCUT2D eigenvalue weighted by Crippen LogP contribution is -2.43. The third-order valence-electron chi connectivity index (χ3n) is 11.6. The minimum atomic E-state index is -0.873. The summed E-state index contributed by atoms with van der Waals surface area (Å²) in [6.45, 7) is 6.97. The van der Waals surface area contributed by atoms with Gasteiger partial charge < -0.3 is 19.1 Å². The number of hydrogen-bond donors (Lipinski definition) is 0. The molecular formula is C38H45F2N7O3. The van der Waals surface area contributed by atoms with Crippen LogP contribution in [0.1, 0.15) is 68.7 Å². The number of piperidine rings is 1. The van der Waals surface area contributed by atoms with Crippen molar-refractivity contribution in [3.05, 3.63) is 47.6 Å². The third kappa shape index (κ3) is 5.63. The van der Waals surface area contributed by atoms with Crippen LogP contribution < -0.4 is 9.64 Å². The molecule has 0 radical (unpaired) electrons.